The number of hydrogen-bond acceptors (Lipinski definition) is 3. The third-order valence-electron chi connectivity index (χ3n) is 2.54. The normalized spacial score (nSPS) is 10.5. The minimum Gasteiger partial charge on any atom is -0.507 e. The molecule has 0 radical (unpaired) electrons. The van der Waals surface area contributed by atoms with Crippen LogP contribution in [0.15, 0.2) is 30.3 Å². The second kappa shape index (κ2) is 4.41. The summed E-state index contributed by atoms with van der Waals surface area (Å²) in [6.07, 6.45) is 0.0521. The Hall–Kier alpha value is -2.10. The Morgan fingerprint density at radius 1 is 1.41 bits per heavy atom. The molecule has 0 aromatic heterocycles. The van der Waals surface area contributed by atoms with Gasteiger partial charge in [0.25, 0.3) is 0 Å². The van der Waals surface area contributed by atoms with Gasteiger partial charge < -0.3 is 9.84 Å². The van der Waals surface area contributed by atoms with E-state index in [9.17, 15) is 14.3 Å². The molecule has 0 saturated carbocycles. The van der Waals surface area contributed by atoms with Crippen LogP contribution in [-0.4, -0.2) is 18.2 Å². The van der Waals surface area contributed by atoms with Crippen LogP contribution in [0.5, 0.6) is 5.75 Å². The summed E-state index contributed by atoms with van der Waals surface area (Å²) < 4.78 is 18.0. The fourth-order valence-electron chi connectivity index (χ4n) is 1.76. The van der Waals surface area contributed by atoms with Gasteiger partial charge in [0, 0.05) is 0 Å². The summed E-state index contributed by atoms with van der Waals surface area (Å²) in [7, 11) is 1.29. The lowest BCUT2D eigenvalue weighted by Gasteiger charge is -2.06. The molecule has 0 heterocycles. The molecule has 0 aliphatic carbocycles. The smallest absolute Gasteiger partial charge is 0.309 e. The highest BCUT2D eigenvalue weighted by Crippen LogP contribution is 2.29. The van der Waals surface area contributed by atoms with Crippen LogP contribution in [0.3, 0.4) is 0 Å². The molecule has 0 aliphatic rings. The summed E-state index contributed by atoms with van der Waals surface area (Å²) in [6, 6.07) is 7.55. The zero-order valence-corrected chi connectivity index (χ0v) is 9.24. The molecule has 3 nitrogen and oxygen atoms in total. The van der Waals surface area contributed by atoms with Crippen LogP contribution in [-0.2, 0) is 16.0 Å². The number of phenols is 1. The van der Waals surface area contributed by atoms with Gasteiger partial charge in [-0.15, -0.1) is 0 Å². The van der Waals surface area contributed by atoms with Gasteiger partial charge in [-0.2, -0.15) is 0 Å². The zero-order valence-electron chi connectivity index (χ0n) is 9.24. The fraction of sp³-hybridized carbons (Fsp3) is 0.154. The number of halogens is 1. The van der Waals surface area contributed by atoms with E-state index >= 15 is 0 Å². The van der Waals surface area contributed by atoms with E-state index in [2.05, 4.69) is 4.74 Å². The number of fused-ring (bicyclic) bond motifs is 1. The minimum atomic E-state index is -0.482. The Morgan fingerprint density at radius 3 is 2.88 bits per heavy atom. The van der Waals surface area contributed by atoms with E-state index < -0.39 is 11.8 Å². The summed E-state index contributed by atoms with van der Waals surface area (Å²) in [6.45, 7) is 0. The number of ether oxygens (including phenoxy) is 1. The summed E-state index contributed by atoms with van der Waals surface area (Å²) >= 11 is 0. The van der Waals surface area contributed by atoms with Crippen molar-refractivity contribution in [1.29, 1.82) is 0 Å². The molecule has 17 heavy (non-hydrogen) atoms. The Labute approximate surface area is 97.4 Å². The molecule has 2 aromatic carbocycles. The van der Waals surface area contributed by atoms with Crippen molar-refractivity contribution in [3.05, 3.63) is 41.7 Å². The fourth-order valence-corrected chi connectivity index (χ4v) is 1.76. The molecule has 2 aromatic rings. The lowest BCUT2D eigenvalue weighted by Crippen LogP contribution is -2.04. The van der Waals surface area contributed by atoms with Gasteiger partial charge in [0.05, 0.1) is 18.9 Å². The topological polar surface area (TPSA) is 46.5 Å². The van der Waals surface area contributed by atoms with Gasteiger partial charge in [-0.25, -0.2) is 4.39 Å². The maximum Gasteiger partial charge on any atom is 0.309 e. The monoisotopic (exact) mass is 234 g/mol. The van der Waals surface area contributed by atoms with Crippen molar-refractivity contribution >= 4 is 16.7 Å². The van der Waals surface area contributed by atoms with Crippen molar-refractivity contribution in [2.24, 2.45) is 0 Å². The Bertz CT molecular complexity index is 578. The van der Waals surface area contributed by atoms with Gasteiger partial charge in [-0.3, -0.25) is 4.79 Å². The second-order valence-electron chi connectivity index (χ2n) is 3.71. The van der Waals surface area contributed by atoms with E-state index in [0.29, 0.717) is 10.9 Å². The molecule has 0 unspecified atom stereocenters. The van der Waals surface area contributed by atoms with E-state index in [1.54, 1.807) is 18.2 Å². The molecular formula is C13H11FO3. The van der Waals surface area contributed by atoms with E-state index in [0.717, 1.165) is 0 Å². The third-order valence-corrected chi connectivity index (χ3v) is 2.54. The standard InChI is InChI=1S/C13H11FO3/c1-17-12(16)7-8-5-9-3-2-4-10(14)13(9)11(15)6-8/h2-6,15H,7H2,1H3. The highest BCUT2D eigenvalue weighted by molar-refractivity contribution is 5.90. The Kier molecular flexibility index (Phi) is 2.95. The van der Waals surface area contributed by atoms with Gasteiger partial charge in [0.15, 0.2) is 0 Å². The van der Waals surface area contributed by atoms with Crippen molar-refractivity contribution in [2.45, 2.75) is 6.42 Å². The lowest BCUT2D eigenvalue weighted by molar-refractivity contribution is -0.139. The third kappa shape index (κ3) is 2.20. The highest BCUT2D eigenvalue weighted by Gasteiger charge is 2.10. The Morgan fingerprint density at radius 2 is 2.18 bits per heavy atom. The minimum absolute atomic E-state index is 0.0521. The van der Waals surface area contributed by atoms with Crippen LogP contribution in [0.25, 0.3) is 10.8 Å². The molecule has 1 N–H and O–H groups in total. The van der Waals surface area contributed by atoms with Crippen LogP contribution < -0.4 is 0 Å². The number of carbonyl (C=O) groups is 1. The quantitative estimate of drug-likeness (QED) is 0.811. The predicted octanol–water partition coefficient (Wildman–Crippen LogP) is 2.40. The number of hydrogen-bond donors (Lipinski definition) is 1. The van der Waals surface area contributed by atoms with Gasteiger partial charge in [0.2, 0.25) is 0 Å². The maximum absolute atomic E-state index is 13.5. The number of benzene rings is 2. The molecule has 0 bridgehead atoms. The highest BCUT2D eigenvalue weighted by atomic mass is 19.1. The first-order valence-corrected chi connectivity index (χ1v) is 5.08. The largest absolute Gasteiger partial charge is 0.507 e. The number of esters is 1. The van der Waals surface area contributed by atoms with E-state index in [1.807, 2.05) is 0 Å². The van der Waals surface area contributed by atoms with Crippen molar-refractivity contribution in [1.82, 2.24) is 0 Å². The average molecular weight is 234 g/mol. The summed E-state index contributed by atoms with van der Waals surface area (Å²) in [5.74, 6) is -1.05. The SMILES string of the molecule is COC(=O)Cc1cc(O)c2c(F)cccc2c1. The van der Waals surface area contributed by atoms with Crippen LogP contribution in [0.1, 0.15) is 5.56 Å². The number of rotatable bonds is 2. The number of phenolic OH excluding ortho intramolecular Hbond substituents is 1. The van der Waals surface area contributed by atoms with E-state index in [4.69, 9.17) is 0 Å². The Balaban J connectivity index is 2.52. The van der Waals surface area contributed by atoms with Crippen LogP contribution in [0.4, 0.5) is 4.39 Å². The van der Waals surface area contributed by atoms with Crippen LogP contribution in [0.2, 0.25) is 0 Å². The zero-order chi connectivity index (χ0) is 12.4. The van der Waals surface area contributed by atoms with Crippen molar-refractivity contribution < 1.29 is 19.0 Å². The second-order valence-corrected chi connectivity index (χ2v) is 3.71. The van der Waals surface area contributed by atoms with Gasteiger partial charge >= 0.3 is 5.97 Å². The van der Waals surface area contributed by atoms with Gasteiger partial charge in [-0.05, 0) is 23.1 Å². The number of carbonyl (C=O) groups excluding carboxylic acids is 1. The van der Waals surface area contributed by atoms with Crippen molar-refractivity contribution in [2.75, 3.05) is 7.11 Å². The van der Waals surface area contributed by atoms with Gasteiger partial charge in [-0.1, -0.05) is 18.2 Å². The molecule has 4 heteroatoms. The van der Waals surface area contributed by atoms with Gasteiger partial charge in [0.1, 0.15) is 11.6 Å². The van der Waals surface area contributed by atoms with Crippen molar-refractivity contribution in [3.8, 4) is 5.75 Å². The summed E-state index contributed by atoms with van der Waals surface area (Å²) in [5, 5.41) is 10.5. The average Bonchev–Trinajstić information content (AvgIpc) is 2.28. The van der Waals surface area contributed by atoms with E-state index in [1.165, 1.54) is 19.2 Å². The predicted molar refractivity (Wildman–Crippen MR) is 61.3 cm³/mol. The molecule has 0 aliphatic heterocycles. The first-order valence-electron chi connectivity index (χ1n) is 5.08. The van der Waals surface area contributed by atoms with E-state index in [-0.39, 0.29) is 17.6 Å². The van der Waals surface area contributed by atoms with Crippen LogP contribution in [0, 0.1) is 5.82 Å². The molecule has 88 valence electrons. The molecule has 0 amide bonds. The maximum atomic E-state index is 13.5. The molecular weight excluding hydrogens is 223 g/mol. The number of methoxy groups -OCH3 is 1. The van der Waals surface area contributed by atoms with Crippen molar-refractivity contribution in [3.63, 3.8) is 0 Å². The molecule has 2 rings (SSSR count). The van der Waals surface area contributed by atoms with Crippen LogP contribution >= 0.6 is 0 Å². The molecule has 0 spiro atoms. The number of aromatic hydroxyl groups is 1. The first kappa shape index (κ1) is 11.4. The summed E-state index contributed by atoms with van der Waals surface area (Å²) in [5.41, 5.74) is 0.590. The lowest BCUT2D eigenvalue weighted by atomic mass is 10.0. The molecule has 0 fully saturated rings. The first-order chi connectivity index (χ1) is 8.11. The molecule has 0 atom stereocenters. The summed E-state index contributed by atoms with van der Waals surface area (Å²) in [4.78, 5) is 11.1. The molecule has 0 saturated heterocycles.